The second-order valence-electron chi connectivity index (χ2n) is 9.47. The Kier molecular flexibility index (Phi) is 7.35. The fraction of sp³-hybridized carbons (Fsp3) is 0.393. The standard InChI is InChI=1S/C28H32FN3O2S/c1-34-25-8-3-7-24(16-25)31-12-10-30(11-13-31)18-22-19-32(28(33)17-26-9-4-14-35-26)20-27(22)21-5-2-6-23(29)15-21/h2-9,14-16,22,27H,10-13,17-20H2,1H3. The number of amides is 1. The highest BCUT2D eigenvalue weighted by Crippen LogP contribution is 2.34. The number of benzene rings is 2. The highest BCUT2D eigenvalue weighted by Gasteiger charge is 2.37. The van der Waals surface area contributed by atoms with E-state index in [1.54, 1.807) is 30.6 Å². The number of carbonyl (C=O) groups is 1. The Balaban J connectivity index is 1.25. The molecule has 1 aromatic heterocycles. The van der Waals surface area contributed by atoms with Gasteiger partial charge in [-0.3, -0.25) is 9.69 Å². The number of hydrogen-bond acceptors (Lipinski definition) is 5. The van der Waals surface area contributed by atoms with Crippen molar-refractivity contribution in [2.75, 3.05) is 57.8 Å². The van der Waals surface area contributed by atoms with Crippen molar-refractivity contribution in [1.29, 1.82) is 0 Å². The van der Waals surface area contributed by atoms with Crippen LogP contribution in [0, 0.1) is 11.7 Å². The Labute approximate surface area is 210 Å². The van der Waals surface area contributed by atoms with Gasteiger partial charge in [-0.05, 0) is 47.2 Å². The van der Waals surface area contributed by atoms with Crippen molar-refractivity contribution in [2.45, 2.75) is 12.3 Å². The minimum atomic E-state index is -0.212. The largest absolute Gasteiger partial charge is 0.497 e. The fourth-order valence-corrected chi connectivity index (χ4v) is 6.07. The van der Waals surface area contributed by atoms with Crippen LogP contribution < -0.4 is 9.64 Å². The topological polar surface area (TPSA) is 36.0 Å². The molecule has 0 saturated carbocycles. The van der Waals surface area contributed by atoms with Crippen LogP contribution in [0.4, 0.5) is 10.1 Å². The van der Waals surface area contributed by atoms with Crippen LogP contribution in [0.2, 0.25) is 0 Å². The van der Waals surface area contributed by atoms with Crippen LogP contribution in [0.5, 0.6) is 5.75 Å². The van der Waals surface area contributed by atoms with E-state index >= 15 is 0 Å². The zero-order valence-electron chi connectivity index (χ0n) is 20.1. The predicted molar refractivity (Wildman–Crippen MR) is 139 cm³/mol. The van der Waals surface area contributed by atoms with Crippen molar-refractivity contribution < 1.29 is 13.9 Å². The second-order valence-corrected chi connectivity index (χ2v) is 10.5. The molecule has 3 heterocycles. The number of methoxy groups -OCH3 is 1. The number of hydrogen-bond donors (Lipinski definition) is 0. The average molecular weight is 494 g/mol. The van der Waals surface area contributed by atoms with Gasteiger partial charge < -0.3 is 14.5 Å². The van der Waals surface area contributed by atoms with Crippen LogP contribution in [0.15, 0.2) is 66.0 Å². The van der Waals surface area contributed by atoms with Crippen molar-refractivity contribution in [2.24, 2.45) is 5.92 Å². The third-order valence-electron chi connectivity index (χ3n) is 7.26. The Morgan fingerprint density at radius 2 is 1.86 bits per heavy atom. The van der Waals surface area contributed by atoms with Gasteiger partial charge in [-0.25, -0.2) is 4.39 Å². The molecule has 2 fully saturated rings. The maximum atomic E-state index is 14.1. The monoisotopic (exact) mass is 493 g/mol. The summed E-state index contributed by atoms with van der Waals surface area (Å²) in [6.45, 7) is 6.12. The van der Waals surface area contributed by atoms with Gasteiger partial charge >= 0.3 is 0 Å². The van der Waals surface area contributed by atoms with Crippen molar-refractivity contribution in [3.63, 3.8) is 0 Å². The molecule has 1 amide bonds. The van der Waals surface area contributed by atoms with E-state index in [1.807, 2.05) is 40.6 Å². The van der Waals surface area contributed by atoms with Crippen LogP contribution in [0.3, 0.4) is 0 Å². The first-order valence-corrected chi connectivity index (χ1v) is 13.1. The summed E-state index contributed by atoms with van der Waals surface area (Å²) in [4.78, 5) is 21.1. The smallest absolute Gasteiger partial charge is 0.227 e. The van der Waals surface area contributed by atoms with Gasteiger partial charge in [-0.1, -0.05) is 24.3 Å². The summed E-state index contributed by atoms with van der Waals surface area (Å²) < 4.78 is 19.5. The molecule has 0 aliphatic carbocycles. The lowest BCUT2D eigenvalue weighted by molar-refractivity contribution is -0.129. The van der Waals surface area contributed by atoms with Crippen molar-refractivity contribution in [3.8, 4) is 5.75 Å². The Morgan fingerprint density at radius 3 is 2.60 bits per heavy atom. The number of rotatable bonds is 7. The van der Waals surface area contributed by atoms with Crippen molar-refractivity contribution >= 4 is 22.9 Å². The van der Waals surface area contributed by atoms with Gasteiger partial charge in [-0.2, -0.15) is 0 Å². The van der Waals surface area contributed by atoms with E-state index in [0.29, 0.717) is 13.0 Å². The third-order valence-corrected chi connectivity index (χ3v) is 8.14. The molecule has 2 saturated heterocycles. The molecule has 3 aromatic rings. The van der Waals surface area contributed by atoms with Gasteiger partial charge in [0.25, 0.3) is 0 Å². The maximum Gasteiger partial charge on any atom is 0.227 e. The number of likely N-dealkylation sites (tertiary alicyclic amines) is 1. The highest BCUT2D eigenvalue weighted by atomic mass is 32.1. The van der Waals surface area contributed by atoms with Gasteiger partial charge in [0.2, 0.25) is 5.91 Å². The van der Waals surface area contributed by atoms with E-state index in [4.69, 9.17) is 4.74 Å². The predicted octanol–water partition coefficient (Wildman–Crippen LogP) is 4.50. The van der Waals surface area contributed by atoms with E-state index in [2.05, 4.69) is 21.9 Å². The summed E-state index contributed by atoms with van der Waals surface area (Å²) in [5.41, 5.74) is 2.18. The first kappa shape index (κ1) is 23.8. The molecule has 0 radical (unpaired) electrons. The minimum Gasteiger partial charge on any atom is -0.497 e. The number of anilines is 1. The van der Waals surface area contributed by atoms with Crippen LogP contribution in [0.25, 0.3) is 0 Å². The fourth-order valence-electron chi connectivity index (χ4n) is 5.38. The molecular formula is C28H32FN3O2S. The van der Waals surface area contributed by atoms with Gasteiger partial charge in [0, 0.05) is 68.4 Å². The van der Waals surface area contributed by atoms with E-state index in [1.165, 1.54) is 11.8 Å². The summed E-state index contributed by atoms with van der Waals surface area (Å²) >= 11 is 1.62. The molecule has 0 N–H and O–H groups in total. The van der Waals surface area contributed by atoms with Gasteiger partial charge in [0.15, 0.2) is 0 Å². The minimum absolute atomic E-state index is 0.148. The van der Waals surface area contributed by atoms with Gasteiger partial charge in [0.1, 0.15) is 11.6 Å². The molecule has 0 bridgehead atoms. The summed E-state index contributed by atoms with van der Waals surface area (Å²) in [5, 5.41) is 2.01. The Bertz CT molecular complexity index is 1130. The molecule has 5 nitrogen and oxygen atoms in total. The van der Waals surface area contributed by atoms with E-state index in [-0.39, 0.29) is 23.6 Å². The number of halogens is 1. The molecule has 184 valence electrons. The summed E-state index contributed by atoms with van der Waals surface area (Å²) in [5.74, 6) is 1.26. The lowest BCUT2D eigenvalue weighted by atomic mass is 9.88. The Morgan fingerprint density at radius 1 is 1.03 bits per heavy atom. The SMILES string of the molecule is COc1cccc(N2CCN(CC3CN(C(=O)Cc4cccs4)CC3c3cccc(F)c3)CC2)c1. The van der Waals surface area contributed by atoms with Crippen LogP contribution >= 0.6 is 11.3 Å². The molecule has 2 unspecified atom stereocenters. The third kappa shape index (κ3) is 5.68. The quantitative estimate of drug-likeness (QED) is 0.486. The lowest BCUT2D eigenvalue weighted by Gasteiger charge is -2.38. The van der Waals surface area contributed by atoms with Crippen molar-refractivity contribution in [1.82, 2.24) is 9.80 Å². The van der Waals surface area contributed by atoms with Gasteiger partial charge in [-0.15, -0.1) is 11.3 Å². The molecule has 5 rings (SSSR count). The zero-order chi connectivity index (χ0) is 24.2. The first-order chi connectivity index (χ1) is 17.1. The first-order valence-electron chi connectivity index (χ1n) is 12.3. The molecule has 35 heavy (non-hydrogen) atoms. The Hall–Kier alpha value is -2.90. The summed E-state index contributed by atoms with van der Waals surface area (Å²) in [6, 6.07) is 19.1. The summed E-state index contributed by atoms with van der Waals surface area (Å²) in [7, 11) is 1.70. The number of nitrogens with zero attached hydrogens (tertiary/aromatic N) is 3. The number of ether oxygens (including phenoxy) is 1. The van der Waals surface area contributed by atoms with E-state index in [9.17, 15) is 9.18 Å². The van der Waals surface area contributed by atoms with Gasteiger partial charge in [0.05, 0.1) is 13.5 Å². The number of thiophene rings is 1. The zero-order valence-corrected chi connectivity index (χ0v) is 20.9. The normalized spacial score (nSPS) is 20.9. The highest BCUT2D eigenvalue weighted by molar-refractivity contribution is 7.10. The molecular weight excluding hydrogens is 461 g/mol. The van der Waals surface area contributed by atoms with Crippen LogP contribution in [-0.4, -0.2) is 68.6 Å². The average Bonchev–Trinajstić information content (AvgIpc) is 3.55. The molecule has 0 spiro atoms. The van der Waals surface area contributed by atoms with Crippen LogP contribution in [0.1, 0.15) is 16.4 Å². The molecule has 2 atom stereocenters. The second kappa shape index (κ2) is 10.8. The maximum absolute atomic E-state index is 14.1. The molecule has 2 aliphatic heterocycles. The van der Waals surface area contributed by atoms with Crippen molar-refractivity contribution in [3.05, 3.63) is 82.3 Å². The van der Waals surface area contributed by atoms with E-state index in [0.717, 1.165) is 55.5 Å². The lowest BCUT2D eigenvalue weighted by Crippen LogP contribution is -2.48. The molecule has 2 aliphatic rings. The number of piperazine rings is 1. The van der Waals surface area contributed by atoms with Crippen LogP contribution in [-0.2, 0) is 11.2 Å². The van der Waals surface area contributed by atoms with E-state index < -0.39 is 0 Å². The molecule has 7 heteroatoms. The molecule has 2 aromatic carbocycles. The summed E-state index contributed by atoms with van der Waals surface area (Å²) in [6.07, 6.45) is 0.444. The number of carbonyl (C=O) groups excluding carboxylic acids is 1.